The number of aromatic nitrogens is 3. The average molecular weight is 283 g/mol. The lowest BCUT2D eigenvalue weighted by atomic mass is 10.3. The Labute approximate surface area is 111 Å². The Morgan fingerprint density at radius 1 is 1.44 bits per heavy atom. The summed E-state index contributed by atoms with van der Waals surface area (Å²) in [5.74, 6) is -0.179. The van der Waals surface area contributed by atoms with Crippen molar-refractivity contribution in [1.82, 2.24) is 14.5 Å². The van der Waals surface area contributed by atoms with Crippen LogP contribution in [0.5, 0.6) is 0 Å². The van der Waals surface area contributed by atoms with Gasteiger partial charge in [-0.1, -0.05) is 11.6 Å². The summed E-state index contributed by atoms with van der Waals surface area (Å²) in [5, 5.41) is 1.98. The van der Waals surface area contributed by atoms with Crippen LogP contribution in [-0.2, 0) is 6.54 Å². The van der Waals surface area contributed by atoms with Crippen LogP contribution in [-0.4, -0.2) is 14.5 Å². The van der Waals surface area contributed by atoms with Gasteiger partial charge in [0.2, 0.25) is 5.95 Å². The van der Waals surface area contributed by atoms with Crippen molar-refractivity contribution in [1.29, 1.82) is 0 Å². The summed E-state index contributed by atoms with van der Waals surface area (Å²) in [6, 6.07) is 2.81. The van der Waals surface area contributed by atoms with Crippen molar-refractivity contribution in [2.75, 3.05) is 5.73 Å². The average Bonchev–Trinajstić information content (AvgIpc) is 2.92. The van der Waals surface area contributed by atoms with Crippen LogP contribution >= 0.6 is 22.9 Å². The van der Waals surface area contributed by atoms with Crippen LogP contribution < -0.4 is 5.73 Å². The Kier molecular flexibility index (Phi) is 2.68. The number of nitrogens with two attached hydrogens (primary N) is 1. The van der Waals surface area contributed by atoms with Crippen LogP contribution in [0.1, 0.15) is 5.69 Å². The second-order valence-electron chi connectivity index (χ2n) is 3.79. The summed E-state index contributed by atoms with van der Waals surface area (Å²) in [4.78, 5) is 8.30. The summed E-state index contributed by atoms with van der Waals surface area (Å²) in [7, 11) is 0. The lowest BCUT2D eigenvalue weighted by Crippen LogP contribution is -2.04. The summed E-state index contributed by atoms with van der Waals surface area (Å²) >= 11 is 7.29. The second kappa shape index (κ2) is 4.22. The molecule has 0 saturated carbocycles. The van der Waals surface area contributed by atoms with Gasteiger partial charge in [-0.2, -0.15) is 0 Å². The summed E-state index contributed by atoms with van der Waals surface area (Å²) in [6.45, 7) is 0.494. The van der Waals surface area contributed by atoms with E-state index in [1.54, 1.807) is 10.1 Å². The predicted octanol–water partition coefficient (Wildman–Crippen LogP) is 2.92. The number of fused-ring (bicyclic) bond motifs is 1. The number of benzene rings is 1. The standard InChI is InChI=1S/C11H8ClFN4S/c12-7-1-10-9(2-8(7)13)16-11(14)17(10)3-6-4-18-5-15-6/h1-2,4-5H,3H2,(H2,14,16). The molecule has 0 atom stereocenters. The first-order valence-electron chi connectivity index (χ1n) is 5.13. The number of halogens is 2. The molecule has 3 rings (SSSR count). The van der Waals surface area contributed by atoms with Gasteiger partial charge in [0.15, 0.2) is 0 Å². The normalized spacial score (nSPS) is 11.2. The number of thiazole rings is 1. The molecule has 2 heterocycles. The molecular formula is C11H8ClFN4S. The van der Waals surface area contributed by atoms with Gasteiger partial charge in [0.1, 0.15) is 5.82 Å². The van der Waals surface area contributed by atoms with Gasteiger partial charge in [0, 0.05) is 11.4 Å². The molecule has 2 aromatic heterocycles. The first kappa shape index (κ1) is 11.4. The highest BCUT2D eigenvalue weighted by Crippen LogP contribution is 2.25. The van der Waals surface area contributed by atoms with Crippen LogP contribution in [0.3, 0.4) is 0 Å². The largest absolute Gasteiger partial charge is 0.369 e. The second-order valence-corrected chi connectivity index (χ2v) is 4.92. The quantitative estimate of drug-likeness (QED) is 0.786. The molecule has 0 unspecified atom stereocenters. The minimum atomic E-state index is -0.498. The fourth-order valence-corrected chi connectivity index (χ4v) is 2.49. The van der Waals surface area contributed by atoms with Crippen molar-refractivity contribution in [3.05, 3.63) is 39.6 Å². The van der Waals surface area contributed by atoms with Gasteiger partial charge in [0.05, 0.1) is 33.8 Å². The fraction of sp³-hybridized carbons (Fsp3) is 0.0909. The highest BCUT2D eigenvalue weighted by Gasteiger charge is 2.12. The number of nitrogen functional groups attached to an aromatic ring is 1. The molecule has 3 aromatic rings. The SMILES string of the molecule is Nc1nc2cc(F)c(Cl)cc2n1Cc1cscn1. The summed E-state index contributed by atoms with van der Waals surface area (Å²) in [5.41, 5.74) is 9.65. The minimum Gasteiger partial charge on any atom is -0.369 e. The monoisotopic (exact) mass is 282 g/mol. The Morgan fingerprint density at radius 3 is 3.00 bits per heavy atom. The topological polar surface area (TPSA) is 56.7 Å². The maximum absolute atomic E-state index is 13.3. The molecule has 18 heavy (non-hydrogen) atoms. The molecule has 7 heteroatoms. The molecule has 92 valence electrons. The summed E-state index contributed by atoms with van der Waals surface area (Å²) in [6.07, 6.45) is 0. The number of anilines is 1. The molecule has 0 aliphatic rings. The van der Waals surface area contributed by atoms with Crippen molar-refractivity contribution in [3.8, 4) is 0 Å². The maximum Gasteiger partial charge on any atom is 0.201 e. The van der Waals surface area contributed by atoms with Crippen LogP contribution in [0, 0.1) is 5.82 Å². The van der Waals surface area contributed by atoms with Gasteiger partial charge in [-0.05, 0) is 6.07 Å². The first-order chi connectivity index (χ1) is 8.65. The minimum absolute atomic E-state index is 0.0573. The molecule has 4 nitrogen and oxygen atoms in total. The zero-order chi connectivity index (χ0) is 12.7. The van der Waals surface area contributed by atoms with E-state index in [4.69, 9.17) is 17.3 Å². The highest BCUT2D eigenvalue weighted by atomic mass is 35.5. The fourth-order valence-electron chi connectivity index (χ4n) is 1.78. The molecule has 0 fully saturated rings. The van der Waals surface area contributed by atoms with Crippen molar-refractivity contribution >= 4 is 39.9 Å². The number of imidazole rings is 1. The van der Waals surface area contributed by atoms with Crippen LogP contribution in [0.25, 0.3) is 11.0 Å². The van der Waals surface area contributed by atoms with E-state index >= 15 is 0 Å². The van der Waals surface area contributed by atoms with Gasteiger partial charge in [-0.3, -0.25) is 0 Å². The zero-order valence-corrected chi connectivity index (χ0v) is 10.7. The van der Waals surface area contributed by atoms with Crippen LogP contribution in [0.2, 0.25) is 5.02 Å². The molecule has 0 aliphatic carbocycles. The van der Waals surface area contributed by atoms with Crippen molar-refractivity contribution in [2.45, 2.75) is 6.54 Å². The summed E-state index contributed by atoms with van der Waals surface area (Å²) < 4.78 is 15.1. The van der Waals surface area contributed by atoms with Gasteiger partial charge in [-0.15, -0.1) is 11.3 Å². The van der Waals surface area contributed by atoms with Crippen molar-refractivity contribution in [2.24, 2.45) is 0 Å². The molecular weight excluding hydrogens is 275 g/mol. The Morgan fingerprint density at radius 2 is 2.28 bits per heavy atom. The highest BCUT2D eigenvalue weighted by molar-refractivity contribution is 7.07. The van der Waals surface area contributed by atoms with Crippen molar-refractivity contribution in [3.63, 3.8) is 0 Å². The molecule has 0 spiro atoms. The molecule has 0 amide bonds. The van der Waals surface area contributed by atoms with Gasteiger partial charge >= 0.3 is 0 Å². The van der Waals surface area contributed by atoms with Crippen LogP contribution in [0.15, 0.2) is 23.0 Å². The molecule has 1 aromatic carbocycles. The number of hydrogen-bond acceptors (Lipinski definition) is 4. The van der Waals surface area contributed by atoms with Crippen LogP contribution in [0.4, 0.5) is 10.3 Å². The predicted molar refractivity (Wildman–Crippen MR) is 70.3 cm³/mol. The van der Waals surface area contributed by atoms with Gasteiger partial charge < -0.3 is 10.3 Å². The molecule has 0 bridgehead atoms. The molecule has 0 saturated heterocycles. The maximum atomic E-state index is 13.3. The Balaban J connectivity index is 2.16. The van der Waals surface area contributed by atoms with E-state index in [0.29, 0.717) is 23.5 Å². The number of rotatable bonds is 2. The lowest BCUT2D eigenvalue weighted by Gasteiger charge is -2.04. The van der Waals surface area contributed by atoms with E-state index in [1.165, 1.54) is 23.5 Å². The zero-order valence-electron chi connectivity index (χ0n) is 9.10. The van der Waals surface area contributed by atoms with E-state index < -0.39 is 5.82 Å². The molecule has 0 radical (unpaired) electrons. The Bertz CT molecular complexity index is 707. The Hall–Kier alpha value is -1.66. The smallest absolute Gasteiger partial charge is 0.201 e. The van der Waals surface area contributed by atoms with E-state index in [-0.39, 0.29) is 5.02 Å². The van der Waals surface area contributed by atoms with E-state index in [0.717, 1.165) is 5.69 Å². The third-order valence-corrected chi connectivity index (χ3v) is 3.55. The third-order valence-electron chi connectivity index (χ3n) is 2.62. The van der Waals surface area contributed by atoms with Crippen molar-refractivity contribution < 1.29 is 4.39 Å². The molecule has 2 N–H and O–H groups in total. The van der Waals surface area contributed by atoms with E-state index in [9.17, 15) is 4.39 Å². The van der Waals surface area contributed by atoms with E-state index in [2.05, 4.69) is 9.97 Å². The lowest BCUT2D eigenvalue weighted by molar-refractivity contribution is 0.629. The van der Waals surface area contributed by atoms with Gasteiger partial charge in [0.25, 0.3) is 0 Å². The third kappa shape index (κ3) is 1.83. The van der Waals surface area contributed by atoms with Gasteiger partial charge in [-0.25, -0.2) is 14.4 Å². The molecule has 0 aliphatic heterocycles. The van der Waals surface area contributed by atoms with E-state index in [1.807, 2.05) is 5.38 Å². The first-order valence-corrected chi connectivity index (χ1v) is 6.45. The number of hydrogen-bond donors (Lipinski definition) is 1. The number of nitrogens with zero attached hydrogens (tertiary/aromatic N) is 3.